The third-order valence-electron chi connectivity index (χ3n) is 5.66. The first-order valence-electron chi connectivity index (χ1n) is 8.73. The zero-order valence-corrected chi connectivity index (χ0v) is 14.0. The van der Waals surface area contributed by atoms with Gasteiger partial charge < -0.3 is 14.7 Å². The Morgan fingerprint density at radius 1 is 1.23 bits per heavy atom. The fraction of sp³-hybridized carbons (Fsp3) is 0.882. The lowest BCUT2D eigenvalue weighted by atomic mass is 9.84. The average molecular weight is 307 g/mol. The second kappa shape index (κ2) is 6.19. The molecule has 0 aromatic carbocycles. The lowest BCUT2D eigenvalue weighted by Crippen LogP contribution is -2.55. The molecule has 3 aliphatic rings. The smallest absolute Gasteiger partial charge is 0.223 e. The summed E-state index contributed by atoms with van der Waals surface area (Å²) in [4.78, 5) is 30.8. The van der Waals surface area contributed by atoms with Crippen LogP contribution < -0.4 is 0 Å². The molecule has 2 aliphatic heterocycles. The number of carbonyl (C=O) groups excluding carboxylic acids is 2. The van der Waals surface area contributed by atoms with Crippen molar-refractivity contribution in [3.05, 3.63) is 0 Å². The number of rotatable bonds is 5. The summed E-state index contributed by atoms with van der Waals surface area (Å²) in [5.74, 6) is 1.30. The van der Waals surface area contributed by atoms with Crippen LogP contribution in [0.3, 0.4) is 0 Å². The number of amides is 2. The van der Waals surface area contributed by atoms with E-state index >= 15 is 0 Å². The Morgan fingerprint density at radius 2 is 1.91 bits per heavy atom. The Hall–Kier alpha value is -1.10. The molecule has 124 valence electrons. The Morgan fingerprint density at radius 3 is 2.50 bits per heavy atom. The van der Waals surface area contributed by atoms with E-state index in [4.69, 9.17) is 0 Å². The molecule has 0 radical (unpaired) electrons. The molecule has 3 rings (SSSR count). The van der Waals surface area contributed by atoms with Gasteiger partial charge in [0, 0.05) is 44.6 Å². The number of hydrogen-bond donors (Lipinski definition) is 0. The second-order valence-corrected chi connectivity index (χ2v) is 7.60. The monoisotopic (exact) mass is 307 g/mol. The van der Waals surface area contributed by atoms with Crippen LogP contribution in [0.5, 0.6) is 0 Å². The summed E-state index contributed by atoms with van der Waals surface area (Å²) in [6.45, 7) is 3.40. The summed E-state index contributed by atoms with van der Waals surface area (Å²) in [5.41, 5.74) is 0.0312. The number of piperidine rings is 1. The van der Waals surface area contributed by atoms with Crippen LogP contribution >= 0.6 is 0 Å². The number of hydrogen-bond acceptors (Lipinski definition) is 3. The van der Waals surface area contributed by atoms with Crippen LogP contribution in [0.25, 0.3) is 0 Å². The zero-order chi connectivity index (χ0) is 15.7. The first-order chi connectivity index (χ1) is 10.5. The molecule has 0 aromatic rings. The Bertz CT molecular complexity index is 437. The van der Waals surface area contributed by atoms with Crippen LogP contribution in [0.4, 0.5) is 0 Å². The van der Waals surface area contributed by atoms with E-state index in [-0.39, 0.29) is 5.54 Å². The standard InChI is InChI=1S/C17H29N3O2/c1-18(2)11-12-20-15(21)5-6-17(20)7-9-19(10-8-17)16(22)13-14-3-4-14/h14H,3-13H2,1-2H3. The second-order valence-electron chi connectivity index (χ2n) is 7.60. The minimum atomic E-state index is 0.0312. The maximum Gasteiger partial charge on any atom is 0.223 e. The SMILES string of the molecule is CN(C)CCN1C(=O)CCC12CCN(C(=O)CC1CC1)CC2. The minimum absolute atomic E-state index is 0.0312. The van der Waals surface area contributed by atoms with E-state index in [1.807, 2.05) is 19.0 Å². The van der Waals surface area contributed by atoms with Gasteiger partial charge in [0.1, 0.15) is 0 Å². The summed E-state index contributed by atoms with van der Waals surface area (Å²) in [7, 11) is 4.10. The molecule has 3 fully saturated rings. The van der Waals surface area contributed by atoms with Crippen LogP contribution in [0.2, 0.25) is 0 Å². The summed E-state index contributed by atoms with van der Waals surface area (Å²) in [6.07, 6.45) is 6.79. The summed E-state index contributed by atoms with van der Waals surface area (Å²) in [5, 5.41) is 0. The van der Waals surface area contributed by atoms with Gasteiger partial charge in [-0.2, -0.15) is 0 Å². The number of likely N-dealkylation sites (N-methyl/N-ethyl adjacent to an activating group) is 1. The fourth-order valence-electron chi connectivity index (χ4n) is 3.93. The maximum absolute atomic E-state index is 12.3. The molecule has 1 spiro atoms. The normalized spacial score (nSPS) is 24.6. The molecule has 2 amide bonds. The largest absolute Gasteiger partial charge is 0.343 e. The molecule has 1 aliphatic carbocycles. The van der Waals surface area contributed by atoms with Crippen molar-refractivity contribution in [1.82, 2.24) is 14.7 Å². The van der Waals surface area contributed by atoms with Crippen LogP contribution in [-0.2, 0) is 9.59 Å². The zero-order valence-electron chi connectivity index (χ0n) is 14.0. The highest BCUT2D eigenvalue weighted by Gasteiger charge is 2.47. The average Bonchev–Trinajstić information content (AvgIpc) is 3.24. The Balaban J connectivity index is 1.57. The van der Waals surface area contributed by atoms with E-state index in [2.05, 4.69) is 9.80 Å². The van der Waals surface area contributed by atoms with Gasteiger partial charge in [-0.05, 0) is 52.1 Å². The van der Waals surface area contributed by atoms with Crippen LogP contribution in [0.1, 0.15) is 44.9 Å². The van der Waals surface area contributed by atoms with Crippen LogP contribution in [0.15, 0.2) is 0 Å². The van der Waals surface area contributed by atoms with E-state index in [0.717, 1.165) is 51.9 Å². The fourth-order valence-corrected chi connectivity index (χ4v) is 3.93. The molecule has 1 saturated carbocycles. The number of carbonyl (C=O) groups is 2. The first kappa shape index (κ1) is 15.8. The predicted molar refractivity (Wildman–Crippen MR) is 85.4 cm³/mol. The molecule has 0 unspecified atom stereocenters. The van der Waals surface area contributed by atoms with Gasteiger partial charge in [-0.3, -0.25) is 9.59 Å². The van der Waals surface area contributed by atoms with Gasteiger partial charge in [-0.15, -0.1) is 0 Å². The maximum atomic E-state index is 12.3. The van der Waals surface area contributed by atoms with Gasteiger partial charge in [-0.25, -0.2) is 0 Å². The highest BCUT2D eigenvalue weighted by Crippen LogP contribution is 2.40. The predicted octanol–water partition coefficient (Wildman–Crippen LogP) is 1.33. The van der Waals surface area contributed by atoms with Crippen LogP contribution in [0, 0.1) is 5.92 Å². The lowest BCUT2D eigenvalue weighted by Gasteiger charge is -2.45. The molecule has 22 heavy (non-hydrogen) atoms. The quantitative estimate of drug-likeness (QED) is 0.770. The van der Waals surface area contributed by atoms with Gasteiger partial charge in [0.15, 0.2) is 0 Å². The van der Waals surface area contributed by atoms with Crippen molar-refractivity contribution in [2.45, 2.75) is 50.5 Å². The molecule has 5 heteroatoms. The van der Waals surface area contributed by atoms with Crippen molar-refractivity contribution in [3.8, 4) is 0 Å². The molecular weight excluding hydrogens is 278 g/mol. The van der Waals surface area contributed by atoms with Crippen molar-refractivity contribution in [2.24, 2.45) is 5.92 Å². The molecule has 0 aromatic heterocycles. The van der Waals surface area contributed by atoms with Crippen molar-refractivity contribution in [3.63, 3.8) is 0 Å². The minimum Gasteiger partial charge on any atom is -0.343 e. The highest BCUT2D eigenvalue weighted by atomic mass is 16.2. The number of nitrogens with zero attached hydrogens (tertiary/aromatic N) is 3. The van der Waals surface area contributed by atoms with E-state index in [0.29, 0.717) is 24.2 Å². The van der Waals surface area contributed by atoms with Crippen LogP contribution in [-0.4, -0.2) is 72.3 Å². The number of likely N-dealkylation sites (tertiary alicyclic amines) is 2. The van der Waals surface area contributed by atoms with Gasteiger partial charge >= 0.3 is 0 Å². The van der Waals surface area contributed by atoms with Gasteiger partial charge in [-0.1, -0.05) is 0 Å². The third-order valence-corrected chi connectivity index (χ3v) is 5.66. The molecule has 2 saturated heterocycles. The summed E-state index contributed by atoms with van der Waals surface area (Å²) >= 11 is 0. The summed E-state index contributed by atoms with van der Waals surface area (Å²) in [6, 6.07) is 0. The van der Waals surface area contributed by atoms with E-state index < -0.39 is 0 Å². The molecule has 0 N–H and O–H groups in total. The van der Waals surface area contributed by atoms with Crippen molar-refractivity contribution < 1.29 is 9.59 Å². The molecule has 2 heterocycles. The van der Waals surface area contributed by atoms with Crippen molar-refractivity contribution in [1.29, 1.82) is 0 Å². The Labute approximate surface area is 133 Å². The molecule has 0 atom stereocenters. The van der Waals surface area contributed by atoms with Crippen molar-refractivity contribution in [2.75, 3.05) is 40.3 Å². The lowest BCUT2D eigenvalue weighted by molar-refractivity contribution is -0.136. The highest BCUT2D eigenvalue weighted by molar-refractivity contribution is 5.80. The van der Waals surface area contributed by atoms with Gasteiger partial charge in [0.05, 0.1) is 0 Å². The van der Waals surface area contributed by atoms with Gasteiger partial charge in [0.2, 0.25) is 11.8 Å². The molecule has 5 nitrogen and oxygen atoms in total. The van der Waals surface area contributed by atoms with Crippen molar-refractivity contribution >= 4 is 11.8 Å². The van der Waals surface area contributed by atoms with E-state index in [1.54, 1.807) is 0 Å². The summed E-state index contributed by atoms with van der Waals surface area (Å²) < 4.78 is 0. The van der Waals surface area contributed by atoms with E-state index in [9.17, 15) is 9.59 Å². The third kappa shape index (κ3) is 3.29. The van der Waals surface area contributed by atoms with E-state index in [1.165, 1.54) is 12.8 Å². The molecular formula is C17H29N3O2. The topological polar surface area (TPSA) is 43.9 Å². The molecule has 0 bridgehead atoms. The Kier molecular flexibility index (Phi) is 4.44. The van der Waals surface area contributed by atoms with Gasteiger partial charge in [0.25, 0.3) is 0 Å². The first-order valence-corrected chi connectivity index (χ1v) is 8.73.